The van der Waals surface area contributed by atoms with Crippen molar-refractivity contribution < 1.29 is 9.13 Å². The molecule has 1 saturated heterocycles. The predicted octanol–water partition coefficient (Wildman–Crippen LogP) is 3.54. The van der Waals surface area contributed by atoms with E-state index in [0.717, 1.165) is 19.0 Å². The second-order valence-corrected chi connectivity index (χ2v) is 5.76. The summed E-state index contributed by atoms with van der Waals surface area (Å²) in [4.78, 5) is 0. The first-order valence-corrected chi connectivity index (χ1v) is 7.25. The van der Waals surface area contributed by atoms with E-state index in [1.54, 1.807) is 13.0 Å². The summed E-state index contributed by atoms with van der Waals surface area (Å²) < 4.78 is 19.1. The molecule has 2 nitrogen and oxygen atoms in total. The maximum Gasteiger partial charge on any atom is 0.129 e. The topological polar surface area (TPSA) is 21.3 Å². The fourth-order valence-corrected chi connectivity index (χ4v) is 2.66. The molecule has 1 unspecified atom stereocenters. The van der Waals surface area contributed by atoms with Gasteiger partial charge in [0, 0.05) is 6.07 Å². The lowest BCUT2D eigenvalue weighted by Crippen LogP contribution is -2.29. The number of rotatable bonds is 5. The molecule has 0 aromatic heterocycles. The minimum atomic E-state index is -0.191. The fourth-order valence-electron chi connectivity index (χ4n) is 2.66. The van der Waals surface area contributed by atoms with Gasteiger partial charge in [-0.2, -0.15) is 0 Å². The summed E-state index contributed by atoms with van der Waals surface area (Å²) >= 11 is 0. The maximum atomic E-state index is 13.4. The Hall–Kier alpha value is -1.09. The van der Waals surface area contributed by atoms with Crippen LogP contribution in [-0.4, -0.2) is 19.7 Å². The first-order valence-electron chi connectivity index (χ1n) is 7.25. The van der Waals surface area contributed by atoms with Crippen LogP contribution in [0.15, 0.2) is 18.2 Å². The number of halogens is 1. The van der Waals surface area contributed by atoms with E-state index in [1.165, 1.54) is 25.3 Å². The van der Waals surface area contributed by atoms with Gasteiger partial charge in [0.15, 0.2) is 0 Å². The zero-order valence-corrected chi connectivity index (χ0v) is 11.9. The smallest absolute Gasteiger partial charge is 0.129 e. The second-order valence-electron chi connectivity index (χ2n) is 5.76. The summed E-state index contributed by atoms with van der Waals surface area (Å²) in [6.07, 6.45) is 3.74. The van der Waals surface area contributed by atoms with Crippen LogP contribution in [-0.2, 0) is 0 Å². The van der Waals surface area contributed by atoms with E-state index in [9.17, 15) is 4.39 Å². The Morgan fingerprint density at radius 3 is 2.79 bits per heavy atom. The van der Waals surface area contributed by atoms with Crippen molar-refractivity contribution in [3.63, 3.8) is 0 Å². The normalized spacial score (nSPS) is 18.3. The van der Waals surface area contributed by atoms with E-state index in [-0.39, 0.29) is 5.82 Å². The molecule has 106 valence electrons. The van der Waals surface area contributed by atoms with E-state index in [4.69, 9.17) is 4.74 Å². The molecule has 2 rings (SSSR count). The molecule has 0 radical (unpaired) electrons. The largest absolute Gasteiger partial charge is 0.493 e. The van der Waals surface area contributed by atoms with Crippen LogP contribution in [0.5, 0.6) is 5.75 Å². The molecule has 19 heavy (non-hydrogen) atoms. The monoisotopic (exact) mass is 265 g/mol. The molecule has 1 aliphatic rings. The first kappa shape index (κ1) is 14.3. The Labute approximate surface area is 115 Å². The van der Waals surface area contributed by atoms with Gasteiger partial charge in [-0.25, -0.2) is 4.39 Å². The van der Waals surface area contributed by atoms with Crippen molar-refractivity contribution in [3.8, 4) is 5.75 Å². The van der Waals surface area contributed by atoms with Crippen LogP contribution in [0.1, 0.15) is 31.7 Å². The third-order valence-corrected chi connectivity index (χ3v) is 3.87. The molecule has 1 N–H and O–H groups in total. The lowest BCUT2D eigenvalue weighted by atomic mass is 9.89. The summed E-state index contributed by atoms with van der Waals surface area (Å²) in [5, 5.41) is 3.38. The van der Waals surface area contributed by atoms with Gasteiger partial charge in [-0.15, -0.1) is 0 Å². The highest BCUT2D eigenvalue weighted by Gasteiger charge is 2.16. The number of piperidine rings is 1. The molecule has 1 atom stereocenters. The Balaban J connectivity index is 1.75. The Kier molecular flexibility index (Phi) is 5.20. The highest BCUT2D eigenvalue weighted by Crippen LogP contribution is 2.22. The molecule has 1 fully saturated rings. The minimum Gasteiger partial charge on any atom is -0.493 e. The van der Waals surface area contributed by atoms with E-state index in [1.807, 2.05) is 6.07 Å². The zero-order chi connectivity index (χ0) is 13.7. The van der Waals surface area contributed by atoms with Crippen molar-refractivity contribution in [1.82, 2.24) is 5.32 Å². The van der Waals surface area contributed by atoms with E-state index in [2.05, 4.69) is 12.2 Å². The molecule has 1 aromatic carbocycles. The lowest BCUT2D eigenvalue weighted by Gasteiger charge is -2.25. The lowest BCUT2D eigenvalue weighted by molar-refractivity contribution is 0.216. The summed E-state index contributed by atoms with van der Waals surface area (Å²) in [6, 6.07) is 5.09. The number of hydrogen-bond donors (Lipinski definition) is 1. The van der Waals surface area contributed by atoms with Gasteiger partial charge in [0.2, 0.25) is 0 Å². The fraction of sp³-hybridized carbons (Fsp3) is 0.625. The van der Waals surface area contributed by atoms with Crippen molar-refractivity contribution >= 4 is 0 Å². The predicted molar refractivity (Wildman–Crippen MR) is 76.0 cm³/mol. The summed E-state index contributed by atoms with van der Waals surface area (Å²) in [5.41, 5.74) is 0.662. The molecule has 0 saturated carbocycles. The molecular formula is C16H24FNO. The van der Waals surface area contributed by atoms with Gasteiger partial charge in [-0.3, -0.25) is 0 Å². The standard InChI is InChI=1S/C16H24FNO/c1-12(9-14-5-7-18-8-6-14)11-19-15-4-3-13(2)16(17)10-15/h3-4,10,12,14,18H,5-9,11H2,1-2H3. The third-order valence-electron chi connectivity index (χ3n) is 3.87. The maximum absolute atomic E-state index is 13.4. The molecule has 1 aliphatic heterocycles. The summed E-state index contributed by atoms with van der Waals surface area (Å²) in [7, 11) is 0. The zero-order valence-electron chi connectivity index (χ0n) is 11.9. The van der Waals surface area contributed by atoms with Gasteiger partial charge in [0.1, 0.15) is 11.6 Å². The van der Waals surface area contributed by atoms with E-state index in [0.29, 0.717) is 23.8 Å². The molecule has 0 aliphatic carbocycles. The van der Waals surface area contributed by atoms with Gasteiger partial charge < -0.3 is 10.1 Å². The molecule has 1 aromatic rings. The number of nitrogens with one attached hydrogen (secondary N) is 1. The molecule has 0 bridgehead atoms. The van der Waals surface area contributed by atoms with Crippen molar-refractivity contribution in [2.24, 2.45) is 11.8 Å². The van der Waals surface area contributed by atoms with Crippen LogP contribution in [0, 0.1) is 24.6 Å². The molecule has 0 amide bonds. The Morgan fingerprint density at radius 2 is 2.11 bits per heavy atom. The molecule has 3 heteroatoms. The van der Waals surface area contributed by atoms with Crippen molar-refractivity contribution in [3.05, 3.63) is 29.6 Å². The van der Waals surface area contributed by atoms with Crippen LogP contribution in [0.25, 0.3) is 0 Å². The van der Waals surface area contributed by atoms with Crippen LogP contribution >= 0.6 is 0 Å². The summed E-state index contributed by atoms with van der Waals surface area (Å²) in [5.74, 6) is 1.78. The summed E-state index contributed by atoms with van der Waals surface area (Å²) in [6.45, 7) is 6.93. The van der Waals surface area contributed by atoms with Crippen molar-refractivity contribution in [2.75, 3.05) is 19.7 Å². The van der Waals surface area contributed by atoms with Crippen LogP contribution < -0.4 is 10.1 Å². The third kappa shape index (κ3) is 4.50. The SMILES string of the molecule is Cc1ccc(OCC(C)CC2CCNCC2)cc1F. The minimum absolute atomic E-state index is 0.191. The quantitative estimate of drug-likeness (QED) is 0.879. The van der Waals surface area contributed by atoms with Crippen molar-refractivity contribution in [2.45, 2.75) is 33.1 Å². The second kappa shape index (κ2) is 6.90. The number of aryl methyl sites for hydroxylation is 1. The Bertz CT molecular complexity index is 402. The highest BCUT2D eigenvalue weighted by molar-refractivity contribution is 5.27. The van der Waals surface area contributed by atoms with E-state index < -0.39 is 0 Å². The highest BCUT2D eigenvalue weighted by atomic mass is 19.1. The van der Waals surface area contributed by atoms with Crippen molar-refractivity contribution in [1.29, 1.82) is 0 Å². The van der Waals surface area contributed by atoms with Gasteiger partial charge in [-0.1, -0.05) is 13.0 Å². The van der Waals surface area contributed by atoms with Crippen LogP contribution in [0.2, 0.25) is 0 Å². The average molecular weight is 265 g/mol. The Morgan fingerprint density at radius 1 is 1.37 bits per heavy atom. The van der Waals surface area contributed by atoms with Gasteiger partial charge in [0.25, 0.3) is 0 Å². The molecule has 0 spiro atoms. The van der Waals surface area contributed by atoms with Crippen LogP contribution in [0.3, 0.4) is 0 Å². The number of ether oxygens (including phenoxy) is 1. The van der Waals surface area contributed by atoms with Gasteiger partial charge in [0.05, 0.1) is 6.61 Å². The van der Waals surface area contributed by atoms with E-state index >= 15 is 0 Å². The first-order chi connectivity index (χ1) is 9.15. The van der Waals surface area contributed by atoms with Crippen LogP contribution in [0.4, 0.5) is 4.39 Å². The van der Waals surface area contributed by atoms with Gasteiger partial charge >= 0.3 is 0 Å². The molecule has 1 heterocycles. The molecular weight excluding hydrogens is 241 g/mol. The average Bonchev–Trinajstić information content (AvgIpc) is 2.41. The number of benzene rings is 1. The van der Waals surface area contributed by atoms with Gasteiger partial charge in [-0.05, 0) is 62.7 Å². The number of hydrogen-bond acceptors (Lipinski definition) is 2.